The summed E-state index contributed by atoms with van der Waals surface area (Å²) in [5.41, 5.74) is 15.7. The first kappa shape index (κ1) is 19.6. The highest BCUT2D eigenvalue weighted by atomic mass is 16.5. The van der Waals surface area contributed by atoms with Crippen molar-refractivity contribution in [3.05, 3.63) is 36.0 Å². The SMILES string of the molecule is COc1cc2c(cc1OCCN1CCCC1)ncc1c(N)nc3c(C)c(N)ccc3c12. The van der Waals surface area contributed by atoms with Gasteiger partial charge in [0, 0.05) is 46.0 Å². The zero-order valence-corrected chi connectivity index (χ0v) is 17.9. The molecular weight excluding hydrogens is 390 g/mol. The van der Waals surface area contributed by atoms with Crippen molar-refractivity contribution in [3.63, 3.8) is 0 Å². The van der Waals surface area contributed by atoms with Crippen molar-refractivity contribution in [2.75, 3.05) is 44.8 Å². The monoisotopic (exact) mass is 417 g/mol. The molecular formula is C24H27N5O2. The summed E-state index contributed by atoms with van der Waals surface area (Å²) >= 11 is 0. The van der Waals surface area contributed by atoms with Crippen molar-refractivity contribution in [2.24, 2.45) is 0 Å². The summed E-state index contributed by atoms with van der Waals surface area (Å²) in [5, 5.41) is 3.75. The first-order valence-corrected chi connectivity index (χ1v) is 10.7. The Balaban J connectivity index is 1.64. The fourth-order valence-electron chi connectivity index (χ4n) is 4.49. The van der Waals surface area contributed by atoms with E-state index in [4.69, 9.17) is 20.9 Å². The topological polar surface area (TPSA) is 99.5 Å². The molecule has 7 heteroatoms. The molecule has 0 spiro atoms. The van der Waals surface area contributed by atoms with Gasteiger partial charge >= 0.3 is 0 Å². The lowest BCUT2D eigenvalue weighted by Crippen LogP contribution is -2.25. The molecule has 3 heterocycles. The molecule has 1 aliphatic heterocycles. The molecule has 0 amide bonds. The lowest BCUT2D eigenvalue weighted by Gasteiger charge is -2.17. The molecule has 1 fully saturated rings. The summed E-state index contributed by atoms with van der Waals surface area (Å²) in [6.45, 7) is 5.80. The maximum atomic E-state index is 6.31. The van der Waals surface area contributed by atoms with Crippen LogP contribution in [0.5, 0.6) is 11.5 Å². The van der Waals surface area contributed by atoms with E-state index >= 15 is 0 Å². The Hall–Kier alpha value is -3.32. The van der Waals surface area contributed by atoms with Crippen molar-refractivity contribution in [2.45, 2.75) is 19.8 Å². The van der Waals surface area contributed by atoms with Gasteiger partial charge in [-0.25, -0.2) is 4.98 Å². The minimum Gasteiger partial charge on any atom is -0.493 e. The third-order valence-electron chi connectivity index (χ3n) is 6.27. The number of hydrogen-bond acceptors (Lipinski definition) is 7. The fraction of sp³-hybridized carbons (Fsp3) is 0.333. The zero-order chi connectivity index (χ0) is 21.5. The Kier molecular flexibility index (Phi) is 4.90. The van der Waals surface area contributed by atoms with E-state index in [1.165, 1.54) is 12.8 Å². The van der Waals surface area contributed by atoms with Crippen LogP contribution < -0.4 is 20.9 Å². The Bertz CT molecular complexity index is 1300. The number of nitrogens with two attached hydrogens (primary N) is 2. The van der Waals surface area contributed by atoms with Crippen LogP contribution in [0, 0.1) is 6.92 Å². The van der Waals surface area contributed by atoms with Gasteiger partial charge in [0.25, 0.3) is 0 Å². The molecule has 0 bridgehead atoms. The number of methoxy groups -OCH3 is 1. The second kappa shape index (κ2) is 7.74. The minimum atomic E-state index is 0.440. The summed E-state index contributed by atoms with van der Waals surface area (Å²) in [6.07, 6.45) is 4.33. The van der Waals surface area contributed by atoms with Gasteiger partial charge < -0.3 is 20.9 Å². The van der Waals surface area contributed by atoms with E-state index in [0.717, 1.165) is 57.8 Å². The predicted octanol–water partition coefficient (Wildman–Crippen LogP) is 3.89. The van der Waals surface area contributed by atoms with E-state index in [1.807, 2.05) is 31.2 Å². The molecule has 31 heavy (non-hydrogen) atoms. The molecule has 160 valence electrons. The number of benzene rings is 2. The van der Waals surface area contributed by atoms with E-state index in [1.54, 1.807) is 13.3 Å². The van der Waals surface area contributed by atoms with Crippen molar-refractivity contribution >= 4 is 44.1 Å². The number of ether oxygens (including phenoxy) is 2. The summed E-state index contributed by atoms with van der Waals surface area (Å²) in [6, 6.07) is 7.84. The predicted molar refractivity (Wildman–Crippen MR) is 126 cm³/mol. The molecule has 2 aromatic carbocycles. The third kappa shape index (κ3) is 3.35. The molecule has 7 nitrogen and oxygen atoms in total. The van der Waals surface area contributed by atoms with Crippen LogP contribution in [0.25, 0.3) is 32.6 Å². The number of aryl methyl sites for hydroxylation is 1. The van der Waals surface area contributed by atoms with Crippen molar-refractivity contribution < 1.29 is 9.47 Å². The number of nitrogen functional groups attached to an aromatic ring is 2. The molecule has 5 rings (SSSR count). The van der Waals surface area contributed by atoms with Gasteiger partial charge in [-0.05, 0) is 50.6 Å². The summed E-state index contributed by atoms with van der Waals surface area (Å²) in [7, 11) is 1.66. The average molecular weight is 418 g/mol. The molecule has 2 aromatic heterocycles. The lowest BCUT2D eigenvalue weighted by atomic mass is 9.99. The quantitative estimate of drug-likeness (QED) is 0.375. The van der Waals surface area contributed by atoms with E-state index in [-0.39, 0.29) is 0 Å². The van der Waals surface area contributed by atoms with Gasteiger partial charge in [0.1, 0.15) is 12.4 Å². The fourth-order valence-corrected chi connectivity index (χ4v) is 4.49. The number of nitrogens with zero attached hydrogens (tertiary/aromatic N) is 3. The van der Waals surface area contributed by atoms with E-state index in [9.17, 15) is 0 Å². The number of aromatic nitrogens is 2. The first-order chi connectivity index (χ1) is 15.1. The van der Waals surface area contributed by atoms with E-state index in [2.05, 4.69) is 14.9 Å². The normalized spacial score (nSPS) is 14.6. The second-order valence-electron chi connectivity index (χ2n) is 8.14. The van der Waals surface area contributed by atoms with Gasteiger partial charge in [0.2, 0.25) is 0 Å². The van der Waals surface area contributed by atoms with Gasteiger partial charge in [-0.3, -0.25) is 9.88 Å². The molecule has 1 aliphatic rings. The van der Waals surface area contributed by atoms with E-state index < -0.39 is 0 Å². The number of rotatable bonds is 5. The molecule has 1 saturated heterocycles. The lowest BCUT2D eigenvalue weighted by molar-refractivity contribution is 0.230. The summed E-state index contributed by atoms with van der Waals surface area (Å²) in [4.78, 5) is 11.7. The largest absolute Gasteiger partial charge is 0.493 e. The number of fused-ring (bicyclic) bond motifs is 5. The molecule has 0 unspecified atom stereocenters. The molecule has 4 aromatic rings. The van der Waals surface area contributed by atoms with Crippen molar-refractivity contribution in [3.8, 4) is 11.5 Å². The van der Waals surface area contributed by atoms with Crippen LogP contribution in [-0.2, 0) is 0 Å². The van der Waals surface area contributed by atoms with Gasteiger partial charge in [-0.2, -0.15) is 0 Å². The van der Waals surface area contributed by atoms with Crippen LogP contribution in [0.2, 0.25) is 0 Å². The third-order valence-corrected chi connectivity index (χ3v) is 6.27. The zero-order valence-electron chi connectivity index (χ0n) is 17.9. The van der Waals surface area contributed by atoms with E-state index in [0.29, 0.717) is 29.6 Å². The maximum absolute atomic E-state index is 6.31. The van der Waals surface area contributed by atoms with Gasteiger partial charge in [-0.1, -0.05) is 6.07 Å². The Morgan fingerprint density at radius 1 is 1.03 bits per heavy atom. The van der Waals surface area contributed by atoms with Crippen LogP contribution in [-0.4, -0.2) is 48.2 Å². The number of likely N-dealkylation sites (tertiary alicyclic amines) is 1. The standard InChI is InChI=1S/C24H27N5O2/c1-14-18(25)6-5-15-22-16-11-20(30-2)21(31-10-9-29-7-3-4-8-29)12-19(16)27-13-17(22)24(26)28-23(14)15/h5-6,11-13H,3-4,7-10,25H2,1-2H3,(H2,26,28). The Morgan fingerprint density at radius 2 is 1.84 bits per heavy atom. The number of anilines is 2. The number of pyridine rings is 2. The molecule has 0 radical (unpaired) electrons. The van der Waals surface area contributed by atoms with Crippen LogP contribution in [0.1, 0.15) is 18.4 Å². The first-order valence-electron chi connectivity index (χ1n) is 10.7. The maximum Gasteiger partial charge on any atom is 0.163 e. The van der Waals surface area contributed by atoms with Crippen LogP contribution in [0.15, 0.2) is 30.5 Å². The minimum absolute atomic E-state index is 0.440. The van der Waals surface area contributed by atoms with Crippen molar-refractivity contribution in [1.82, 2.24) is 14.9 Å². The molecule has 0 atom stereocenters. The Morgan fingerprint density at radius 3 is 2.61 bits per heavy atom. The van der Waals surface area contributed by atoms with Gasteiger partial charge in [-0.15, -0.1) is 0 Å². The van der Waals surface area contributed by atoms with Crippen molar-refractivity contribution in [1.29, 1.82) is 0 Å². The molecule has 0 saturated carbocycles. The van der Waals surface area contributed by atoms with Gasteiger partial charge in [0.05, 0.1) is 18.1 Å². The highest BCUT2D eigenvalue weighted by Crippen LogP contribution is 2.39. The average Bonchev–Trinajstić information content (AvgIpc) is 3.29. The van der Waals surface area contributed by atoms with Gasteiger partial charge in [0.15, 0.2) is 11.5 Å². The van der Waals surface area contributed by atoms with Crippen LogP contribution in [0.4, 0.5) is 11.5 Å². The summed E-state index contributed by atoms with van der Waals surface area (Å²) in [5.74, 6) is 1.82. The smallest absolute Gasteiger partial charge is 0.163 e. The highest BCUT2D eigenvalue weighted by Gasteiger charge is 2.17. The number of hydrogen-bond donors (Lipinski definition) is 2. The molecule has 4 N–H and O–H groups in total. The highest BCUT2D eigenvalue weighted by molar-refractivity contribution is 6.21. The Labute approximate surface area is 180 Å². The van der Waals surface area contributed by atoms with Crippen LogP contribution >= 0.6 is 0 Å². The summed E-state index contributed by atoms with van der Waals surface area (Å²) < 4.78 is 11.8. The molecule has 0 aliphatic carbocycles. The second-order valence-corrected chi connectivity index (χ2v) is 8.14. The van der Waals surface area contributed by atoms with Crippen LogP contribution in [0.3, 0.4) is 0 Å².